The number of aromatic nitrogens is 4. The largest absolute Gasteiger partial charge is 0.388 e. The molecule has 0 aliphatic rings. The van der Waals surface area contributed by atoms with Gasteiger partial charge in [-0.3, -0.25) is 9.55 Å². The maximum absolute atomic E-state index is 8.99. The zero-order valence-corrected chi connectivity index (χ0v) is 7.75. The Morgan fingerprint density at radius 1 is 1.43 bits per heavy atom. The molecule has 2 aromatic rings. The van der Waals surface area contributed by atoms with E-state index in [0.29, 0.717) is 5.82 Å². The fraction of sp³-hybridized carbons (Fsp3) is 0.222. The fourth-order valence-electron chi connectivity index (χ4n) is 1.25. The average Bonchev–Trinajstić information content (AvgIpc) is 2.65. The summed E-state index contributed by atoms with van der Waals surface area (Å²) in [6.07, 6.45) is 5.03. The van der Waals surface area contributed by atoms with Crippen LogP contribution in [0.3, 0.4) is 0 Å². The molecule has 0 atom stereocenters. The van der Waals surface area contributed by atoms with Crippen LogP contribution in [0.5, 0.6) is 0 Å². The van der Waals surface area contributed by atoms with Gasteiger partial charge in [-0.05, 0) is 18.6 Å². The SMILES string of the molecule is Cc1cncc(-n2cnnc2CO)c1. The number of pyridine rings is 1. The van der Waals surface area contributed by atoms with E-state index in [9.17, 15) is 0 Å². The first kappa shape index (κ1) is 8.83. The first-order valence-electron chi connectivity index (χ1n) is 4.23. The fourth-order valence-corrected chi connectivity index (χ4v) is 1.25. The molecule has 0 spiro atoms. The van der Waals surface area contributed by atoms with Gasteiger partial charge in [-0.15, -0.1) is 10.2 Å². The summed E-state index contributed by atoms with van der Waals surface area (Å²) in [5.74, 6) is 0.511. The van der Waals surface area contributed by atoms with Gasteiger partial charge in [0.25, 0.3) is 0 Å². The van der Waals surface area contributed by atoms with Gasteiger partial charge in [0.05, 0.1) is 11.9 Å². The minimum Gasteiger partial charge on any atom is -0.388 e. The van der Waals surface area contributed by atoms with Crippen LogP contribution >= 0.6 is 0 Å². The van der Waals surface area contributed by atoms with Crippen molar-refractivity contribution in [1.29, 1.82) is 0 Å². The normalized spacial score (nSPS) is 10.4. The molecule has 0 aliphatic carbocycles. The summed E-state index contributed by atoms with van der Waals surface area (Å²) in [7, 11) is 0. The molecule has 0 aromatic carbocycles. The third-order valence-corrected chi connectivity index (χ3v) is 1.90. The molecule has 5 heteroatoms. The van der Waals surface area contributed by atoms with Crippen molar-refractivity contribution in [2.24, 2.45) is 0 Å². The number of aryl methyl sites for hydroxylation is 1. The molecule has 0 bridgehead atoms. The Morgan fingerprint density at radius 3 is 3.00 bits per heavy atom. The standard InChI is InChI=1S/C9H10N4O/c1-7-2-8(4-10-3-7)13-6-11-12-9(13)5-14/h2-4,6,14H,5H2,1H3. The van der Waals surface area contributed by atoms with Gasteiger partial charge in [0, 0.05) is 6.20 Å². The van der Waals surface area contributed by atoms with Crippen LogP contribution in [0, 0.1) is 6.92 Å². The second-order valence-electron chi connectivity index (χ2n) is 3.00. The van der Waals surface area contributed by atoms with E-state index in [0.717, 1.165) is 11.3 Å². The predicted molar refractivity (Wildman–Crippen MR) is 49.8 cm³/mol. The van der Waals surface area contributed by atoms with Gasteiger partial charge in [0.1, 0.15) is 12.9 Å². The highest BCUT2D eigenvalue weighted by atomic mass is 16.3. The molecule has 14 heavy (non-hydrogen) atoms. The second-order valence-corrected chi connectivity index (χ2v) is 3.00. The summed E-state index contributed by atoms with van der Waals surface area (Å²) >= 11 is 0. The molecule has 0 fully saturated rings. The molecule has 5 nitrogen and oxygen atoms in total. The van der Waals surface area contributed by atoms with Crippen LogP contribution in [0.1, 0.15) is 11.4 Å². The van der Waals surface area contributed by atoms with Gasteiger partial charge >= 0.3 is 0 Å². The quantitative estimate of drug-likeness (QED) is 0.747. The minimum atomic E-state index is -0.131. The van der Waals surface area contributed by atoms with Gasteiger partial charge in [0.15, 0.2) is 5.82 Å². The smallest absolute Gasteiger partial charge is 0.163 e. The van der Waals surface area contributed by atoms with E-state index in [2.05, 4.69) is 15.2 Å². The molecule has 2 rings (SSSR count). The Hall–Kier alpha value is -1.75. The lowest BCUT2D eigenvalue weighted by Crippen LogP contribution is -2.00. The number of aliphatic hydroxyl groups is 1. The Balaban J connectivity index is 2.49. The van der Waals surface area contributed by atoms with Crippen molar-refractivity contribution in [1.82, 2.24) is 19.7 Å². The van der Waals surface area contributed by atoms with E-state index in [4.69, 9.17) is 5.11 Å². The average molecular weight is 190 g/mol. The molecule has 72 valence electrons. The Bertz CT molecular complexity index is 438. The molecule has 1 N–H and O–H groups in total. The van der Waals surface area contributed by atoms with Crippen molar-refractivity contribution in [3.05, 3.63) is 36.2 Å². The van der Waals surface area contributed by atoms with Crippen molar-refractivity contribution in [2.45, 2.75) is 13.5 Å². The lowest BCUT2D eigenvalue weighted by Gasteiger charge is -2.04. The van der Waals surface area contributed by atoms with Crippen LogP contribution in [-0.4, -0.2) is 24.9 Å². The first-order valence-corrected chi connectivity index (χ1v) is 4.23. The zero-order chi connectivity index (χ0) is 9.97. The monoisotopic (exact) mass is 190 g/mol. The Labute approximate surface area is 81.1 Å². The summed E-state index contributed by atoms with van der Waals surface area (Å²) in [6.45, 7) is 1.83. The lowest BCUT2D eigenvalue weighted by molar-refractivity contribution is 0.269. The van der Waals surface area contributed by atoms with Crippen molar-refractivity contribution in [3.8, 4) is 5.69 Å². The van der Waals surface area contributed by atoms with Gasteiger partial charge in [-0.1, -0.05) is 0 Å². The first-order chi connectivity index (χ1) is 6.81. The number of nitrogens with zero attached hydrogens (tertiary/aromatic N) is 4. The van der Waals surface area contributed by atoms with Gasteiger partial charge < -0.3 is 5.11 Å². The molecule has 2 heterocycles. The highest BCUT2D eigenvalue weighted by Gasteiger charge is 2.04. The van der Waals surface area contributed by atoms with E-state index in [1.807, 2.05) is 13.0 Å². The third-order valence-electron chi connectivity index (χ3n) is 1.90. The van der Waals surface area contributed by atoms with Crippen LogP contribution in [0.2, 0.25) is 0 Å². The van der Waals surface area contributed by atoms with E-state index in [-0.39, 0.29) is 6.61 Å². The molecule has 0 saturated carbocycles. The van der Waals surface area contributed by atoms with Gasteiger partial charge in [-0.2, -0.15) is 0 Å². The number of aliphatic hydroxyl groups excluding tert-OH is 1. The molecule has 0 unspecified atom stereocenters. The third kappa shape index (κ3) is 1.49. The van der Waals surface area contributed by atoms with Crippen molar-refractivity contribution >= 4 is 0 Å². The second kappa shape index (κ2) is 3.55. The summed E-state index contributed by atoms with van der Waals surface area (Å²) in [5.41, 5.74) is 1.92. The maximum atomic E-state index is 8.99. The molecular formula is C9H10N4O. The van der Waals surface area contributed by atoms with Crippen molar-refractivity contribution < 1.29 is 5.11 Å². The summed E-state index contributed by atoms with van der Waals surface area (Å²) in [4.78, 5) is 4.06. The van der Waals surface area contributed by atoms with E-state index in [1.54, 1.807) is 23.3 Å². The van der Waals surface area contributed by atoms with Gasteiger partial charge in [-0.25, -0.2) is 0 Å². The molecule has 0 aliphatic heterocycles. The molecule has 0 radical (unpaired) electrons. The highest BCUT2D eigenvalue weighted by Crippen LogP contribution is 2.09. The van der Waals surface area contributed by atoms with Crippen LogP contribution in [-0.2, 0) is 6.61 Å². The maximum Gasteiger partial charge on any atom is 0.163 e. The Kier molecular flexibility index (Phi) is 2.24. The minimum absolute atomic E-state index is 0.131. The summed E-state index contributed by atoms with van der Waals surface area (Å²) in [6, 6.07) is 1.95. The summed E-state index contributed by atoms with van der Waals surface area (Å²) < 4.78 is 1.71. The predicted octanol–water partition coefficient (Wildman–Crippen LogP) is 0.463. The van der Waals surface area contributed by atoms with Crippen LogP contribution in [0.25, 0.3) is 5.69 Å². The lowest BCUT2D eigenvalue weighted by atomic mass is 10.3. The molecule has 2 aromatic heterocycles. The Morgan fingerprint density at radius 2 is 2.29 bits per heavy atom. The number of hydrogen-bond acceptors (Lipinski definition) is 4. The molecule has 0 amide bonds. The molecule has 0 saturated heterocycles. The zero-order valence-electron chi connectivity index (χ0n) is 7.75. The highest BCUT2D eigenvalue weighted by molar-refractivity contribution is 5.32. The van der Waals surface area contributed by atoms with E-state index < -0.39 is 0 Å². The van der Waals surface area contributed by atoms with Gasteiger partial charge in [0.2, 0.25) is 0 Å². The van der Waals surface area contributed by atoms with Crippen molar-refractivity contribution in [3.63, 3.8) is 0 Å². The number of hydrogen-bond donors (Lipinski definition) is 1. The summed E-state index contributed by atoms with van der Waals surface area (Å²) in [5, 5.41) is 16.5. The van der Waals surface area contributed by atoms with E-state index in [1.165, 1.54) is 0 Å². The van der Waals surface area contributed by atoms with E-state index >= 15 is 0 Å². The van der Waals surface area contributed by atoms with Crippen LogP contribution in [0.4, 0.5) is 0 Å². The van der Waals surface area contributed by atoms with Crippen molar-refractivity contribution in [2.75, 3.05) is 0 Å². The molecular weight excluding hydrogens is 180 g/mol. The number of rotatable bonds is 2. The van der Waals surface area contributed by atoms with Crippen LogP contribution in [0.15, 0.2) is 24.8 Å². The topological polar surface area (TPSA) is 63.8 Å². The van der Waals surface area contributed by atoms with Crippen LogP contribution < -0.4 is 0 Å².